The molecule has 92 valence electrons. The Morgan fingerprint density at radius 3 is 2.94 bits per heavy atom. The zero-order chi connectivity index (χ0) is 11.6. The smallest absolute Gasteiger partial charge is 0.0952 e. The largest absolute Gasteiger partial charge is 0.389 e. The van der Waals surface area contributed by atoms with Crippen LogP contribution in [0.4, 0.5) is 0 Å². The van der Waals surface area contributed by atoms with Crippen molar-refractivity contribution in [3.05, 3.63) is 18.7 Å². The van der Waals surface area contributed by atoms with Gasteiger partial charge in [0.25, 0.3) is 0 Å². The highest BCUT2D eigenvalue weighted by atomic mass is 16.5. The number of hydrogen-bond acceptors (Lipinski definition) is 3. The second-order valence-electron chi connectivity index (χ2n) is 4.05. The zero-order valence-corrected chi connectivity index (χ0v) is 10.0. The average Bonchev–Trinajstić information content (AvgIpc) is 2.76. The molecular weight excluding hydrogens is 204 g/mol. The molecule has 1 N–H and O–H groups in total. The Morgan fingerprint density at radius 1 is 1.38 bits per heavy atom. The van der Waals surface area contributed by atoms with Crippen molar-refractivity contribution >= 4 is 0 Å². The number of nitrogens with zero attached hydrogens (tertiary/aromatic N) is 2. The summed E-state index contributed by atoms with van der Waals surface area (Å²) in [6.45, 7) is 3.90. The molecule has 1 unspecified atom stereocenters. The Morgan fingerprint density at radius 2 is 2.25 bits per heavy atom. The van der Waals surface area contributed by atoms with E-state index in [1.807, 2.05) is 10.8 Å². The van der Waals surface area contributed by atoms with Crippen molar-refractivity contribution in [2.75, 3.05) is 13.2 Å². The van der Waals surface area contributed by atoms with E-state index in [9.17, 15) is 5.11 Å². The van der Waals surface area contributed by atoms with Crippen molar-refractivity contribution in [1.29, 1.82) is 0 Å². The summed E-state index contributed by atoms with van der Waals surface area (Å²) in [6, 6.07) is 0. The minimum absolute atomic E-state index is 0.407. The first-order valence-electron chi connectivity index (χ1n) is 6.04. The van der Waals surface area contributed by atoms with Crippen molar-refractivity contribution in [2.45, 2.75) is 45.3 Å². The first kappa shape index (κ1) is 13.2. The first-order chi connectivity index (χ1) is 7.83. The Balaban J connectivity index is 1.96. The molecule has 1 aromatic rings. The Hall–Kier alpha value is -0.870. The fourth-order valence-electron chi connectivity index (χ4n) is 1.54. The van der Waals surface area contributed by atoms with Crippen molar-refractivity contribution in [3.63, 3.8) is 0 Å². The van der Waals surface area contributed by atoms with Gasteiger partial charge >= 0.3 is 0 Å². The molecule has 1 aromatic heterocycles. The van der Waals surface area contributed by atoms with Gasteiger partial charge in [-0.2, -0.15) is 0 Å². The van der Waals surface area contributed by atoms with Crippen molar-refractivity contribution < 1.29 is 9.84 Å². The van der Waals surface area contributed by atoms with E-state index in [-0.39, 0.29) is 0 Å². The van der Waals surface area contributed by atoms with Crippen LogP contribution < -0.4 is 0 Å². The van der Waals surface area contributed by atoms with E-state index >= 15 is 0 Å². The van der Waals surface area contributed by atoms with Crippen LogP contribution in [0, 0.1) is 0 Å². The minimum atomic E-state index is -0.444. The highest BCUT2D eigenvalue weighted by Gasteiger charge is 2.04. The molecule has 0 bridgehead atoms. The Kier molecular flexibility index (Phi) is 6.85. The molecule has 4 heteroatoms. The molecule has 0 aromatic carbocycles. The van der Waals surface area contributed by atoms with Gasteiger partial charge in [0.1, 0.15) is 0 Å². The van der Waals surface area contributed by atoms with Crippen molar-refractivity contribution in [1.82, 2.24) is 9.55 Å². The number of imidazole rings is 1. The average molecular weight is 226 g/mol. The van der Waals surface area contributed by atoms with Crippen LogP contribution in [0.2, 0.25) is 0 Å². The normalized spacial score (nSPS) is 12.9. The topological polar surface area (TPSA) is 47.3 Å². The molecular formula is C12H22N2O2. The van der Waals surface area contributed by atoms with Gasteiger partial charge in [0.15, 0.2) is 0 Å². The third-order valence-electron chi connectivity index (χ3n) is 2.43. The summed E-state index contributed by atoms with van der Waals surface area (Å²) in [5, 5.41) is 9.65. The molecule has 4 nitrogen and oxygen atoms in total. The number of aliphatic hydroxyl groups excluding tert-OH is 1. The monoisotopic (exact) mass is 226 g/mol. The van der Waals surface area contributed by atoms with E-state index < -0.39 is 6.10 Å². The summed E-state index contributed by atoms with van der Waals surface area (Å²) >= 11 is 0. The summed E-state index contributed by atoms with van der Waals surface area (Å²) in [4.78, 5) is 3.92. The Bertz CT molecular complexity index is 250. The summed E-state index contributed by atoms with van der Waals surface area (Å²) in [7, 11) is 0. The molecule has 0 spiro atoms. The predicted octanol–water partition coefficient (Wildman–Crippen LogP) is 1.84. The summed E-state index contributed by atoms with van der Waals surface area (Å²) in [5.41, 5.74) is 0. The molecule has 0 saturated heterocycles. The Labute approximate surface area is 97.3 Å². The zero-order valence-electron chi connectivity index (χ0n) is 10.0. The van der Waals surface area contributed by atoms with E-state index in [0.29, 0.717) is 13.2 Å². The van der Waals surface area contributed by atoms with E-state index in [1.165, 1.54) is 19.3 Å². The molecule has 16 heavy (non-hydrogen) atoms. The molecule has 0 radical (unpaired) electrons. The van der Waals surface area contributed by atoms with E-state index in [1.54, 1.807) is 12.5 Å². The fourth-order valence-corrected chi connectivity index (χ4v) is 1.54. The number of hydrogen-bond donors (Lipinski definition) is 1. The second-order valence-corrected chi connectivity index (χ2v) is 4.05. The number of aromatic nitrogens is 2. The van der Waals surface area contributed by atoms with Crippen LogP contribution in [0.5, 0.6) is 0 Å². The lowest BCUT2D eigenvalue weighted by Crippen LogP contribution is -2.21. The number of unbranched alkanes of at least 4 members (excludes halogenated alkanes) is 3. The molecule has 0 aliphatic heterocycles. The molecule has 1 rings (SSSR count). The molecule has 1 heterocycles. The third-order valence-corrected chi connectivity index (χ3v) is 2.43. The van der Waals surface area contributed by atoms with Crippen molar-refractivity contribution in [2.24, 2.45) is 0 Å². The lowest BCUT2D eigenvalue weighted by molar-refractivity contribution is 0.0267. The quantitative estimate of drug-likeness (QED) is 0.654. The summed E-state index contributed by atoms with van der Waals surface area (Å²) in [5.74, 6) is 0. The molecule has 0 aliphatic carbocycles. The lowest BCUT2D eigenvalue weighted by Gasteiger charge is -2.11. The van der Waals surface area contributed by atoms with Gasteiger partial charge in [0.05, 0.1) is 25.6 Å². The first-order valence-corrected chi connectivity index (χ1v) is 6.04. The minimum Gasteiger partial charge on any atom is -0.389 e. The summed E-state index contributed by atoms with van der Waals surface area (Å²) in [6.07, 6.45) is 9.61. The number of rotatable bonds is 9. The van der Waals surface area contributed by atoms with Crippen LogP contribution in [0.15, 0.2) is 18.7 Å². The highest BCUT2D eigenvalue weighted by Crippen LogP contribution is 2.00. The van der Waals surface area contributed by atoms with Gasteiger partial charge in [0.2, 0.25) is 0 Å². The standard InChI is InChI=1S/C12H22N2O2/c1-2-3-4-5-8-16-10-12(15)9-14-7-6-13-11-14/h6-7,11-12,15H,2-5,8-10H2,1H3. The van der Waals surface area contributed by atoms with Gasteiger partial charge in [-0.05, 0) is 6.42 Å². The highest BCUT2D eigenvalue weighted by molar-refractivity contribution is 4.75. The molecule has 0 saturated carbocycles. The van der Waals surface area contributed by atoms with E-state index in [4.69, 9.17) is 4.74 Å². The number of aliphatic hydroxyl groups is 1. The van der Waals surface area contributed by atoms with E-state index in [0.717, 1.165) is 13.0 Å². The number of ether oxygens (including phenoxy) is 1. The molecule has 0 amide bonds. The predicted molar refractivity (Wildman–Crippen MR) is 63.2 cm³/mol. The van der Waals surface area contributed by atoms with Crippen LogP contribution in [-0.2, 0) is 11.3 Å². The van der Waals surface area contributed by atoms with Gasteiger partial charge in [-0.3, -0.25) is 0 Å². The maximum absolute atomic E-state index is 9.65. The van der Waals surface area contributed by atoms with Gasteiger partial charge in [-0.15, -0.1) is 0 Å². The maximum atomic E-state index is 9.65. The fraction of sp³-hybridized carbons (Fsp3) is 0.750. The van der Waals surface area contributed by atoms with Gasteiger partial charge in [-0.1, -0.05) is 26.2 Å². The van der Waals surface area contributed by atoms with Crippen LogP contribution in [0.3, 0.4) is 0 Å². The van der Waals surface area contributed by atoms with Crippen LogP contribution >= 0.6 is 0 Å². The van der Waals surface area contributed by atoms with Gasteiger partial charge in [0, 0.05) is 19.0 Å². The maximum Gasteiger partial charge on any atom is 0.0952 e. The van der Waals surface area contributed by atoms with Crippen LogP contribution in [0.25, 0.3) is 0 Å². The molecule has 0 aliphatic rings. The van der Waals surface area contributed by atoms with E-state index in [2.05, 4.69) is 11.9 Å². The van der Waals surface area contributed by atoms with Crippen LogP contribution in [-0.4, -0.2) is 34.0 Å². The molecule has 0 fully saturated rings. The summed E-state index contributed by atoms with van der Waals surface area (Å²) < 4.78 is 7.26. The molecule has 1 atom stereocenters. The second kappa shape index (κ2) is 8.30. The van der Waals surface area contributed by atoms with Gasteiger partial charge in [-0.25, -0.2) is 4.98 Å². The SMILES string of the molecule is CCCCCCOCC(O)Cn1ccnc1. The van der Waals surface area contributed by atoms with Crippen molar-refractivity contribution in [3.8, 4) is 0 Å². The lowest BCUT2D eigenvalue weighted by atomic mass is 10.2. The van der Waals surface area contributed by atoms with Crippen LogP contribution in [0.1, 0.15) is 32.6 Å². The third kappa shape index (κ3) is 5.88. The van der Waals surface area contributed by atoms with Gasteiger partial charge < -0.3 is 14.4 Å².